The number of halogens is 1. The summed E-state index contributed by atoms with van der Waals surface area (Å²) in [5.74, 6) is 1.03. The summed E-state index contributed by atoms with van der Waals surface area (Å²) in [4.78, 5) is 10.8. The van der Waals surface area contributed by atoms with Gasteiger partial charge in [-0.1, -0.05) is 12.1 Å². The predicted molar refractivity (Wildman–Crippen MR) is 84.2 cm³/mol. The van der Waals surface area contributed by atoms with Crippen LogP contribution in [0.1, 0.15) is 0 Å². The van der Waals surface area contributed by atoms with Gasteiger partial charge < -0.3 is 9.64 Å². The van der Waals surface area contributed by atoms with Gasteiger partial charge in [0.25, 0.3) is 0 Å². The summed E-state index contributed by atoms with van der Waals surface area (Å²) in [6, 6.07) is 6.53. The van der Waals surface area contributed by atoms with Gasteiger partial charge in [-0.15, -0.1) is 0 Å². The summed E-state index contributed by atoms with van der Waals surface area (Å²) in [7, 11) is 1.71. The van der Waals surface area contributed by atoms with Crippen LogP contribution in [0.4, 0.5) is 10.2 Å². The van der Waals surface area contributed by atoms with Crippen molar-refractivity contribution in [3.8, 4) is 5.69 Å². The lowest BCUT2D eigenvalue weighted by atomic mass is 10.0. The fourth-order valence-electron chi connectivity index (χ4n) is 2.97. The smallest absolute Gasteiger partial charge is 0.168 e. The lowest BCUT2D eigenvalue weighted by Gasteiger charge is -2.39. The second-order valence-electron chi connectivity index (χ2n) is 5.67. The van der Waals surface area contributed by atoms with E-state index in [0.717, 1.165) is 30.9 Å². The molecular formula is C16H16FN5O. The molecule has 1 saturated heterocycles. The molecule has 23 heavy (non-hydrogen) atoms. The van der Waals surface area contributed by atoms with Gasteiger partial charge in [0.2, 0.25) is 0 Å². The van der Waals surface area contributed by atoms with Gasteiger partial charge in [0.05, 0.1) is 18.2 Å². The second-order valence-corrected chi connectivity index (χ2v) is 5.67. The zero-order valence-electron chi connectivity index (χ0n) is 12.7. The maximum atomic E-state index is 14.0. The number of ether oxygens (including phenoxy) is 1. The largest absolute Gasteiger partial charge is 0.384 e. The zero-order valence-corrected chi connectivity index (χ0v) is 12.7. The Balaban J connectivity index is 1.72. The van der Waals surface area contributed by atoms with Crippen LogP contribution < -0.4 is 4.90 Å². The zero-order chi connectivity index (χ0) is 15.8. The molecule has 1 aromatic carbocycles. The number of para-hydroxylation sites is 1. The molecular weight excluding hydrogens is 297 g/mol. The Kier molecular flexibility index (Phi) is 3.42. The molecule has 1 aliphatic rings. The summed E-state index contributed by atoms with van der Waals surface area (Å²) in [5.41, 5.74) is 0.989. The van der Waals surface area contributed by atoms with E-state index in [-0.39, 0.29) is 5.82 Å². The van der Waals surface area contributed by atoms with Crippen LogP contribution in [0.5, 0.6) is 0 Å². The first-order valence-corrected chi connectivity index (χ1v) is 7.45. The van der Waals surface area contributed by atoms with E-state index >= 15 is 0 Å². The number of hydrogen-bond acceptors (Lipinski definition) is 5. The molecule has 0 amide bonds. The van der Waals surface area contributed by atoms with Crippen LogP contribution >= 0.6 is 0 Å². The maximum Gasteiger partial charge on any atom is 0.168 e. The molecule has 0 radical (unpaired) electrons. The van der Waals surface area contributed by atoms with Crippen molar-refractivity contribution in [1.29, 1.82) is 0 Å². The molecule has 4 rings (SSSR count). The first-order chi connectivity index (χ1) is 11.3. The van der Waals surface area contributed by atoms with Gasteiger partial charge in [0.1, 0.15) is 23.6 Å². The molecule has 3 aromatic rings. The monoisotopic (exact) mass is 313 g/mol. The number of hydrogen-bond donors (Lipinski definition) is 0. The minimum absolute atomic E-state index is 0.332. The van der Waals surface area contributed by atoms with Crippen molar-refractivity contribution in [1.82, 2.24) is 19.7 Å². The molecule has 0 atom stereocenters. The van der Waals surface area contributed by atoms with Crippen molar-refractivity contribution in [3.63, 3.8) is 0 Å². The molecule has 1 aliphatic heterocycles. The number of nitrogens with zero attached hydrogens (tertiary/aromatic N) is 5. The lowest BCUT2D eigenvalue weighted by molar-refractivity contribution is 0.137. The molecule has 118 valence electrons. The topological polar surface area (TPSA) is 56.1 Å². The van der Waals surface area contributed by atoms with Crippen LogP contribution in [0.3, 0.4) is 0 Å². The highest BCUT2D eigenvalue weighted by molar-refractivity contribution is 5.88. The summed E-state index contributed by atoms with van der Waals surface area (Å²) >= 11 is 0. The van der Waals surface area contributed by atoms with Crippen molar-refractivity contribution in [2.45, 2.75) is 0 Å². The van der Waals surface area contributed by atoms with Crippen LogP contribution in [0, 0.1) is 11.7 Å². The highest BCUT2D eigenvalue weighted by Crippen LogP contribution is 2.30. The quantitative estimate of drug-likeness (QED) is 0.738. The van der Waals surface area contributed by atoms with Crippen molar-refractivity contribution in [3.05, 3.63) is 42.6 Å². The van der Waals surface area contributed by atoms with E-state index in [4.69, 9.17) is 4.74 Å². The van der Waals surface area contributed by atoms with Gasteiger partial charge in [0, 0.05) is 26.1 Å². The van der Waals surface area contributed by atoms with Crippen molar-refractivity contribution in [2.75, 3.05) is 31.7 Å². The molecule has 0 aliphatic carbocycles. The van der Waals surface area contributed by atoms with Crippen LogP contribution in [-0.2, 0) is 4.74 Å². The molecule has 0 N–H and O–H groups in total. The van der Waals surface area contributed by atoms with Crippen LogP contribution in [0.2, 0.25) is 0 Å². The third kappa shape index (κ3) is 2.33. The SMILES string of the molecule is COCC1CN(c2ncnc3c2cnn3-c2ccccc2F)C1. The molecule has 0 bridgehead atoms. The molecule has 0 unspecified atom stereocenters. The average molecular weight is 313 g/mol. The summed E-state index contributed by atoms with van der Waals surface area (Å²) in [5, 5.41) is 5.13. The summed E-state index contributed by atoms with van der Waals surface area (Å²) in [6.07, 6.45) is 3.20. The Bertz CT molecular complexity index is 843. The lowest BCUT2D eigenvalue weighted by Crippen LogP contribution is -2.49. The van der Waals surface area contributed by atoms with Gasteiger partial charge in [-0.25, -0.2) is 19.0 Å². The molecule has 0 saturated carbocycles. The number of anilines is 1. The molecule has 7 heteroatoms. The third-order valence-corrected chi connectivity index (χ3v) is 4.08. The normalized spacial score (nSPS) is 15.1. The number of aromatic nitrogens is 4. The molecule has 2 aromatic heterocycles. The molecule has 6 nitrogen and oxygen atoms in total. The molecule has 0 spiro atoms. The first-order valence-electron chi connectivity index (χ1n) is 7.45. The van der Waals surface area contributed by atoms with Crippen LogP contribution in [-0.4, -0.2) is 46.6 Å². The molecule has 3 heterocycles. The predicted octanol–water partition coefficient (Wildman–Crippen LogP) is 2.04. The Morgan fingerprint density at radius 2 is 2.09 bits per heavy atom. The van der Waals surface area contributed by atoms with E-state index in [0.29, 0.717) is 17.3 Å². The van der Waals surface area contributed by atoms with Gasteiger partial charge in [0.15, 0.2) is 5.65 Å². The van der Waals surface area contributed by atoms with E-state index < -0.39 is 0 Å². The Morgan fingerprint density at radius 1 is 1.26 bits per heavy atom. The van der Waals surface area contributed by atoms with Crippen molar-refractivity contribution >= 4 is 16.9 Å². The van der Waals surface area contributed by atoms with Gasteiger partial charge in [-0.3, -0.25) is 0 Å². The minimum Gasteiger partial charge on any atom is -0.384 e. The number of fused-ring (bicyclic) bond motifs is 1. The maximum absolute atomic E-state index is 14.0. The highest BCUT2D eigenvalue weighted by atomic mass is 19.1. The summed E-state index contributed by atoms with van der Waals surface area (Å²) < 4.78 is 20.7. The Morgan fingerprint density at radius 3 is 2.87 bits per heavy atom. The van der Waals surface area contributed by atoms with E-state index in [2.05, 4.69) is 20.0 Å². The van der Waals surface area contributed by atoms with Crippen molar-refractivity contribution in [2.24, 2.45) is 5.92 Å². The average Bonchev–Trinajstić information content (AvgIpc) is 2.95. The fourth-order valence-corrected chi connectivity index (χ4v) is 2.97. The number of methoxy groups -OCH3 is 1. The van der Waals surface area contributed by atoms with E-state index in [1.165, 1.54) is 17.1 Å². The highest BCUT2D eigenvalue weighted by Gasteiger charge is 2.29. The number of rotatable bonds is 4. The second kappa shape index (κ2) is 5.58. The van der Waals surface area contributed by atoms with Gasteiger partial charge in [-0.05, 0) is 12.1 Å². The Labute approximate surface area is 132 Å². The standard InChI is InChI=1S/C16H16FN5O/c1-23-9-11-7-21(8-11)15-12-6-20-22(16(12)19-10-18-15)14-5-3-2-4-13(14)17/h2-6,10-11H,7-9H2,1H3. The Hall–Kier alpha value is -2.54. The van der Waals surface area contributed by atoms with E-state index in [1.54, 1.807) is 31.5 Å². The van der Waals surface area contributed by atoms with Gasteiger partial charge >= 0.3 is 0 Å². The van der Waals surface area contributed by atoms with Crippen molar-refractivity contribution < 1.29 is 9.13 Å². The first kappa shape index (κ1) is 14.1. The molecule has 1 fully saturated rings. The van der Waals surface area contributed by atoms with Crippen LogP contribution in [0.15, 0.2) is 36.8 Å². The van der Waals surface area contributed by atoms with E-state index in [9.17, 15) is 4.39 Å². The van der Waals surface area contributed by atoms with Crippen LogP contribution in [0.25, 0.3) is 16.7 Å². The minimum atomic E-state index is -0.332. The third-order valence-electron chi connectivity index (χ3n) is 4.08. The van der Waals surface area contributed by atoms with Gasteiger partial charge in [-0.2, -0.15) is 5.10 Å². The van der Waals surface area contributed by atoms with E-state index in [1.807, 2.05) is 0 Å². The number of benzene rings is 1. The fraction of sp³-hybridized carbons (Fsp3) is 0.312. The summed E-state index contributed by atoms with van der Waals surface area (Å²) in [6.45, 7) is 2.54.